The highest BCUT2D eigenvalue weighted by molar-refractivity contribution is 5.74. The molecule has 4 heterocycles. The zero-order chi connectivity index (χ0) is 19.8. The summed E-state index contributed by atoms with van der Waals surface area (Å²) in [5, 5.41) is 12.2. The van der Waals surface area contributed by atoms with Crippen molar-refractivity contribution in [1.29, 1.82) is 0 Å². The molecule has 4 aromatic heterocycles. The predicted octanol–water partition coefficient (Wildman–Crippen LogP) is 3.67. The van der Waals surface area contributed by atoms with E-state index >= 15 is 0 Å². The van der Waals surface area contributed by atoms with Crippen molar-refractivity contribution in [3.8, 4) is 22.6 Å². The second kappa shape index (κ2) is 7.16. The number of nitrogens with zero attached hydrogens (tertiary/aromatic N) is 6. The third-order valence-electron chi connectivity index (χ3n) is 4.80. The molecule has 1 N–H and O–H groups in total. The zero-order valence-corrected chi connectivity index (χ0v) is 16.9. The fourth-order valence-corrected chi connectivity index (χ4v) is 3.58. The van der Waals surface area contributed by atoms with Gasteiger partial charge in [0.15, 0.2) is 5.65 Å². The van der Waals surface area contributed by atoms with E-state index in [0.29, 0.717) is 5.92 Å². The van der Waals surface area contributed by atoms with E-state index in [-0.39, 0.29) is 0 Å². The molecule has 0 atom stereocenters. The highest BCUT2D eigenvalue weighted by Crippen LogP contribution is 2.35. The third-order valence-corrected chi connectivity index (χ3v) is 4.80. The zero-order valence-electron chi connectivity index (χ0n) is 16.9. The Hall–Kier alpha value is -3.06. The fraction of sp³-hybridized carbons (Fsp3) is 0.333. The van der Waals surface area contributed by atoms with Crippen molar-refractivity contribution in [1.82, 2.24) is 34.7 Å². The Bertz CT molecular complexity index is 1100. The first kappa shape index (κ1) is 18.3. The molecule has 0 amide bonds. The molecule has 0 radical (unpaired) electrons. The van der Waals surface area contributed by atoms with Gasteiger partial charge >= 0.3 is 0 Å². The first-order chi connectivity index (χ1) is 13.4. The van der Waals surface area contributed by atoms with E-state index in [1.165, 1.54) is 5.56 Å². The second-order valence-electron chi connectivity index (χ2n) is 7.75. The number of hydrogen-bond acceptors (Lipinski definition) is 5. The Morgan fingerprint density at radius 3 is 2.68 bits per heavy atom. The molecule has 0 fully saturated rings. The number of aromatic amines is 1. The summed E-state index contributed by atoms with van der Waals surface area (Å²) in [5.41, 5.74) is 8.12. The Balaban J connectivity index is 1.79. The molecule has 0 aromatic carbocycles. The summed E-state index contributed by atoms with van der Waals surface area (Å²) < 4.78 is 1.81. The van der Waals surface area contributed by atoms with Gasteiger partial charge in [0.25, 0.3) is 0 Å². The summed E-state index contributed by atoms with van der Waals surface area (Å²) in [5.74, 6) is 0.291. The third kappa shape index (κ3) is 3.29. The Labute approximate surface area is 164 Å². The maximum Gasteiger partial charge on any atom is 0.158 e. The lowest BCUT2D eigenvalue weighted by Crippen LogP contribution is -2.10. The van der Waals surface area contributed by atoms with Crippen LogP contribution in [0.15, 0.2) is 36.9 Å². The largest absolute Gasteiger partial charge is 0.305 e. The molecule has 28 heavy (non-hydrogen) atoms. The Morgan fingerprint density at radius 2 is 2.00 bits per heavy atom. The monoisotopic (exact) mass is 375 g/mol. The normalized spacial score (nSPS) is 11.8. The molecule has 0 unspecified atom stereocenters. The molecule has 7 nitrogen and oxygen atoms in total. The van der Waals surface area contributed by atoms with Gasteiger partial charge in [-0.25, -0.2) is 9.50 Å². The SMILES string of the molecule is Cc1cc(-c2[nH]nc(-c3ccc(CN(C)C)cn3)c2C(C)C)cn2ncnc12. The van der Waals surface area contributed by atoms with E-state index in [9.17, 15) is 0 Å². The lowest BCUT2D eigenvalue weighted by Gasteiger charge is -2.11. The molecule has 4 rings (SSSR count). The molecule has 0 saturated heterocycles. The summed E-state index contributed by atoms with van der Waals surface area (Å²) in [7, 11) is 4.11. The highest BCUT2D eigenvalue weighted by Gasteiger charge is 2.20. The van der Waals surface area contributed by atoms with E-state index in [4.69, 9.17) is 0 Å². The second-order valence-corrected chi connectivity index (χ2v) is 7.75. The number of rotatable bonds is 5. The van der Waals surface area contributed by atoms with Crippen molar-refractivity contribution in [3.63, 3.8) is 0 Å². The number of aryl methyl sites for hydroxylation is 1. The Morgan fingerprint density at radius 1 is 1.18 bits per heavy atom. The van der Waals surface area contributed by atoms with Gasteiger partial charge in [0.1, 0.15) is 12.0 Å². The van der Waals surface area contributed by atoms with Gasteiger partial charge in [0.05, 0.1) is 11.4 Å². The minimum Gasteiger partial charge on any atom is -0.305 e. The molecule has 7 heteroatoms. The van der Waals surface area contributed by atoms with Crippen LogP contribution in [0.3, 0.4) is 0 Å². The van der Waals surface area contributed by atoms with E-state index in [0.717, 1.165) is 46.0 Å². The molecule has 0 aliphatic rings. The van der Waals surface area contributed by atoms with Gasteiger partial charge in [0.2, 0.25) is 0 Å². The van der Waals surface area contributed by atoms with Crippen LogP contribution in [0.1, 0.15) is 36.5 Å². The summed E-state index contributed by atoms with van der Waals surface area (Å²) in [4.78, 5) is 11.1. The highest BCUT2D eigenvalue weighted by atomic mass is 15.3. The van der Waals surface area contributed by atoms with Crippen molar-refractivity contribution in [3.05, 3.63) is 53.6 Å². The van der Waals surface area contributed by atoms with Gasteiger partial charge in [-0.15, -0.1) is 0 Å². The average molecular weight is 375 g/mol. The topological polar surface area (TPSA) is 75.0 Å². The molecule has 0 bridgehead atoms. The number of pyridine rings is 2. The van der Waals surface area contributed by atoms with Gasteiger partial charge < -0.3 is 4.90 Å². The van der Waals surface area contributed by atoms with E-state index < -0.39 is 0 Å². The molecule has 144 valence electrons. The number of aromatic nitrogens is 6. The van der Waals surface area contributed by atoms with Crippen molar-refractivity contribution < 1.29 is 0 Å². The van der Waals surface area contributed by atoms with Crippen molar-refractivity contribution in [2.24, 2.45) is 0 Å². The number of fused-ring (bicyclic) bond motifs is 1. The summed E-state index contributed by atoms with van der Waals surface area (Å²) in [6.45, 7) is 7.27. The summed E-state index contributed by atoms with van der Waals surface area (Å²) >= 11 is 0. The van der Waals surface area contributed by atoms with Crippen LogP contribution in [0, 0.1) is 6.92 Å². The summed E-state index contributed by atoms with van der Waals surface area (Å²) in [6.07, 6.45) is 5.50. The molecular weight excluding hydrogens is 350 g/mol. The van der Waals surface area contributed by atoms with Gasteiger partial charge in [0, 0.05) is 30.1 Å². The molecule has 0 saturated carbocycles. The van der Waals surface area contributed by atoms with Crippen LogP contribution in [-0.2, 0) is 6.54 Å². The van der Waals surface area contributed by atoms with E-state index in [1.807, 2.05) is 23.8 Å². The average Bonchev–Trinajstić information content (AvgIpc) is 3.29. The first-order valence-corrected chi connectivity index (χ1v) is 9.42. The molecule has 4 aromatic rings. The number of hydrogen-bond donors (Lipinski definition) is 1. The quantitative estimate of drug-likeness (QED) is 0.576. The van der Waals surface area contributed by atoms with Crippen LogP contribution in [0.5, 0.6) is 0 Å². The molecule has 0 aliphatic heterocycles. The van der Waals surface area contributed by atoms with E-state index in [2.05, 4.69) is 76.3 Å². The van der Waals surface area contributed by atoms with Crippen LogP contribution in [0.2, 0.25) is 0 Å². The maximum atomic E-state index is 4.67. The van der Waals surface area contributed by atoms with E-state index in [1.54, 1.807) is 6.33 Å². The standard InChI is InChI=1S/C21H25N7/c1-13(2)18-19(16-8-14(3)21-23-12-24-28(21)11-16)25-26-20(18)17-7-6-15(9-22-17)10-27(4)5/h6-9,11-13H,10H2,1-5H3,(H,25,26). The Kier molecular flexibility index (Phi) is 4.68. The van der Waals surface area contributed by atoms with Gasteiger partial charge in [-0.2, -0.15) is 10.2 Å². The maximum absolute atomic E-state index is 4.67. The number of nitrogens with one attached hydrogen (secondary N) is 1. The van der Waals surface area contributed by atoms with Crippen molar-refractivity contribution in [2.75, 3.05) is 14.1 Å². The fourth-order valence-electron chi connectivity index (χ4n) is 3.58. The number of H-pyrrole nitrogens is 1. The lowest BCUT2D eigenvalue weighted by molar-refractivity contribution is 0.402. The predicted molar refractivity (Wildman–Crippen MR) is 110 cm³/mol. The first-order valence-electron chi connectivity index (χ1n) is 9.42. The van der Waals surface area contributed by atoms with Gasteiger partial charge in [-0.1, -0.05) is 19.9 Å². The van der Waals surface area contributed by atoms with Gasteiger partial charge in [-0.05, 0) is 50.2 Å². The summed E-state index contributed by atoms with van der Waals surface area (Å²) in [6, 6.07) is 6.30. The van der Waals surface area contributed by atoms with Crippen LogP contribution in [0.25, 0.3) is 28.3 Å². The van der Waals surface area contributed by atoms with Crippen LogP contribution in [0.4, 0.5) is 0 Å². The molecule has 0 spiro atoms. The molecule has 0 aliphatic carbocycles. The van der Waals surface area contributed by atoms with Gasteiger partial charge in [-0.3, -0.25) is 10.1 Å². The molecular formula is C21H25N7. The van der Waals surface area contributed by atoms with Crippen molar-refractivity contribution >= 4 is 5.65 Å². The lowest BCUT2D eigenvalue weighted by atomic mass is 9.95. The van der Waals surface area contributed by atoms with Crippen LogP contribution in [-0.4, -0.2) is 48.8 Å². The minimum atomic E-state index is 0.291. The smallest absolute Gasteiger partial charge is 0.158 e. The van der Waals surface area contributed by atoms with Crippen LogP contribution < -0.4 is 0 Å². The van der Waals surface area contributed by atoms with Crippen LogP contribution >= 0.6 is 0 Å². The van der Waals surface area contributed by atoms with Crippen molar-refractivity contribution in [2.45, 2.75) is 33.2 Å². The minimum absolute atomic E-state index is 0.291.